The van der Waals surface area contributed by atoms with Gasteiger partial charge in [-0.05, 0) is 30.5 Å². The highest BCUT2D eigenvalue weighted by Gasteiger charge is 2.24. The number of anilines is 1. The standard InChI is InChI=1S/C18H17N5OS/c1-11-10-24-8-7-23(11)18-15-14(4-9-25-15)21-17(22-18)13-3-6-20-16-12(13)2-5-19-16/h2-6,9,11H,7-8,10H2,1H3,(H,19,20)/t11-/m1/s1. The van der Waals surface area contributed by atoms with E-state index in [1.54, 1.807) is 17.5 Å². The Bertz CT molecular complexity index is 1060. The van der Waals surface area contributed by atoms with Gasteiger partial charge in [0.05, 0.1) is 29.5 Å². The van der Waals surface area contributed by atoms with E-state index in [0.717, 1.165) is 58.2 Å². The lowest BCUT2D eigenvalue weighted by atomic mass is 10.1. The van der Waals surface area contributed by atoms with Crippen molar-refractivity contribution >= 4 is 38.4 Å². The number of nitrogens with one attached hydrogen (secondary N) is 1. The predicted octanol–water partition coefficient (Wildman–Crippen LogP) is 3.46. The lowest BCUT2D eigenvalue weighted by Gasteiger charge is -2.34. The molecule has 0 aromatic carbocycles. The highest BCUT2D eigenvalue weighted by Crippen LogP contribution is 2.34. The Morgan fingerprint density at radius 3 is 3.16 bits per heavy atom. The van der Waals surface area contributed by atoms with E-state index >= 15 is 0 Å². The van der Waals surface area contributed by atoms with Crippen LogP contribution >= 0.6 is 11.3 Å². The van der Waals surface area contributed by atoms with E-state index in [4.69, 9.17) is 14.7 Å². The topological polar surface area (TPSA) is 66.9 Å². The summed E-state index contributed by atoms with van der Waals surface area (Å²) in [6.45, 7) is 4.48. The number of fused-ring (bicyclic) bond motifs is 2. The summed E-state index contributed by atoms with van der Waals surface area (Å²) in [5.41, 5.74) is 2.85. The van der Waals surface area contributed by atoms with Crippen molar-refractivity contribution in [1.29, 1.82) is 0 Å². The summed E-state index contributed by atoms with van der Waals surface area (Å²) in [6.07, 6.45) is 3.70. The van der Waals surface area contributed by atoms with Crippen LogP contribution in [0, 0.1) is 0 Å². The average Bonchev–Trinajstić information content (AvgIpc) is 3.30. The second kappa shape index (κ2) is 5.79. The van der Waals surface area contributed by atoms with Crippen LogP contribution in [0.25, 0.3) is 32.6 Å². The molecule has 0 unspecified atom stereocenters. The third-order valence-electron chi connectivity index (χ3n) is 4.63. The zero-order valence-electron chi connectivity index (χ0n) is 13.8. The molecule has 25 heavy (non-hydrogen) atoms. The van der Waals surface area contributed by atoms with Crippen LogP contribution in [-0.2, 0) is 4.74 Å². The number of rotatable bonds is 2. The Balaban J connectivity index is 1.73. The zero-order valence-corrected chi connectivity index (χ0v) is 14.6. The molecule has 5 heterocycles. The molecule has 126 valence electrons. The maximum Gasteiger partial charge on any atom is 0.163 e. The van der Waals surface area contributed by atoms with Gasteiger partial charge in [0.2, 0.25) is 0 Å². The molecule has 1 aliphatic heterocycles. The quantitative estimate of drug-likeness (QED) is 0.599. The molecule has 1 N–H and O–H groups in total. The van der Waals surface area contributed by atoms with Gasteiger partial charge in [0, 0.05) is 29.9 Å². The number of aromatic nitrogens is 4. The zero-order chi connectivity index (χ0) is 16.8. The average molecular weight is 351 g/mol. The number of aromatic amines is 1. The van der Waals surface area contributed by atoms with Crippen LogP contribution in [0.4, 0.5) is 5.82 Å². The van der Waals surface area contributed by atoms with E-state index < -0.39 is 0 Å². The molecule has 1 atom stereocenters. The van der Waals surface area contributed by atoms with Crippen molar-refractivity contribution in [3.8, 4) is 11.4 Å². The number of pyridine rings is 1. The molecule has 6 nitrogen and oxygen atoms in total. The number of hydrogen-bond donors (Lipinski definition) is 1. The van der Waals surface area contributed by atoms with Crippen molar-refractivity contribution in [2.75, 3.05) is 24.7 Å². The van der Waals surface area contributed by atoms with Gasteiger partial charge >= 0.3 is 0 Å². The molecule has 1 fully saturated rings. The van der Waals surface area contributed by atoms with Crippen molar-refractivity contribution in [1.82, 2.24) is 19.9 Å². The monoisotopic (exact) mass is 351 g/mol. The molecule has 4 aromatic rings. The fourth-order valence-electron chi connectivity index (χ4n) is 3.36. The highest BCUT2D eigenvalue weighted by molar-refractivity contribution is 7.17. The first-order chi connectivity index (χ1) is 12.3. The maximum absolute atomic E-state index is 5.60. The Kier molecular flexibility index (Phi) is 3.43. The Morgan fingerprint density at radius 1 is 1.28 bits per heavy atom. The van der Waals surface area contributed by atoms with Crippen LogP contribution in [0.15, 0.2) is 36.0 Å². The summed E-state index contributed by atoms with van der Waals surface area (Å²) in [5, 5.41) is 3.12. The van der Waals surface area contributed by atoms with E-state index in [2.05, 4.69) is 33.2 Å². The summed E-state index contributed by atoms with van der Waals surface area (Å²) < 4.78 is 6.73. The van der Waals surface area contributed by atoms with E-state index in [9.17, 15) is 0 Å². The number of H-pyrrole nitrogens is 1. The highest BCUT2D eigenvalue weighted by atomic mass is 32.1. The second-order valence-electron chi connectivity index (χ2n) is 6.22. The largest absolute Gasteiger partial charge is 0.377 e. The Hall–Kier alpha value is -2.51. The summed E-state index contributed by atoms with van der Waals surface area (Å²) in [6, 6.07) is 6.37. The number of ether oxygens (including phenoxy) is 1. The maximum atomic E-state index is 5.60. The molecule has 0 saturated carbocycles. The number of hydrogen-bond acceptors (Lipinski definition) is 6. The first kappa shape index (κ1) is 14.8. The fraction of sp³-hybridized carbons (Fsp3) is 0.278. The SMILES string of the molecule is C[C@@H]1COCCN1c1nc(-c2ccnc3[nH]ccc23)nc2ccsc12. The predicted molar refractivity (Wildman–Crippen MR) is 100 cm³/mol. The molecule has 0 spiro atoms. The molecule has 0 radical (unpaired) electrons. The van der Waals surface area contributed by atoms with Crippen LogP contribution in [0.5, 0.6) is 0 Å². The van der Waals surface area contributed by atoms with Gasteiger partial charge in [0.15, 0.2) is 11.6 Å². The summed E-state index contributed by atoms with van der Waals surface area (Å²) >= 11 is 1.69. The van der Waals surface area contributed by atoms with Gasteiger partial charge in [-0.15, -0.1) is 11.3 Å². The van der Waals surface area contributed by atoms with Crippen molar-refractivity contribution in [3.05, 3.63) is 36.0 Å². The summed E-state index contributed by atoms with van der Waals surface area (Å²) in [7, 11) is 0. The molecular formula is C18H17N5OS. The van der Waals surface area contributed by atoms with Crippen molar-refractivity contribution < 1.29 is 4.74 Å². The third-order valence-corrected chi connectivity index (χ3v) is 5.53. The molecule has 1 saturated heterocycles. The number of nitrogens with zero attached hydrogens (tertiary/aromatic N) is 4. The normalized spacial score (nSPS) is 18.3. The second-order valence-corrected chi connectivity index (χ2v) is 7.14. The molecular weight excluding hydrogens is 334 g/mol. The van der Waals surface area contributed by atoms with E-state index in [1.165, 1.54) is 0 Å². The lowest BCUT2D eigenvalue weighted by Crippen LogP contribution is -2.44. The van der Waals surface area contributed by atoms with Gasteiger partial charge in [-0.25, -0.2) is 15.0 Å². The molecule has 4 aromatic heterocycles. The third kappa shape index (κ3) is 2.39. The van der Waals surface area contributed by atoms with Crippen molar-refractivity contribution in [2.45, 2.75) is 13.0 Å². The van der Waals surface area contributed by atoms with Gasteiger partial charge in [-0.3, -0.25) is 0 Å². The number of thiophene rings is 1. The van der Waals surface area contributed by atoms with E-state index in [0.29, 0.717) is 6.04 Å². The van der Waals surface area contributed by atoms with E-state index in [-0.39, 0.29) is 0 Å². The van der Waals surface area contributed by atoms with Crippen LogP contribution in [0.1, 0.15) is 6.92 Å². The fourth-order valence-corrected chi connectivity index (χ4v) is 4.20. The molecule has 1 aliphatic rings. The Morgan fingerprint density at radius 2 is 2.24 bits per heavy atom. The minimum atomic E-state index is 0.298. The minimum absolute atomic E-state index is 0.298. The van der Waals surface area contributed by atoms with Crippen molar-refractivity contribution in [3.63, 3.8) is 0 Å². The molecule has 7 heteroatoms. The first-order valence-corrected chi connectivity index (χ1v) is 9.21. The first-order valence-electron chi connectivity index (χ1n) is 8.33. The van der Waals surface area contributed by atoms with Crippen LogP contribution < -0.4 is 4.90 Å². The van der Waals surface area contributed by atoms with Gasteiger partial charge in [-0.2, -0.15) is 0 Å². The van der Waals surface area contributed by atoms with Gasteiger partial charge in [0.25, 0.3) is 0 Å². The van der Waals surface area contributed by atoms with Gasteiger partial charge in [-0.1, -0.05) is 0 Å². The minimum Gasteiger partial charge on any atom is -0.377 e. The summed E-state index contributed by atoms with van der Waals surface area (Å²) in [4.78, 5) is 19.7. The molecule has 0 amide bonds. The Labute approximate surface area is 148 Å². The van der Waals surface area contributed by atoms with Crippen molar-refractivity contribution in [2.24, 2.45) is 0 Å². The molecule has 0 aliphatic carbocycles. The molecule has 0 bridgehead atoms. The van der Waals surface area contributed by atoms with Crippen LogP contribution in [0.3, 0.4) is 0 Å². The molecule has 5 rings (SSSR count). The lowest BCUT2D eigenvalue weighted by molar-refractivity contribution is 0.0987. The smallest absolute Gasteiger partial charge is 0.163 e. The van der Waals surface area contributed by atoms with Crippen LogP contribution in [0.2, 0.25) is 0 Å². The van der Waals surface area contributed by atoms with Gasteiger partial charge in [0.1, 0.15) is 5.65 Å². The van der Waals surface area contributed by atoms with E-state index in [1.807, 2.05) is 18.3 Å². The van der Waals surface area contributed by atoms with Crippen LogP contribution in [-0.4, -0.2) is 45.7 Å². The van der Waals surface area contributed by atoms with Gasteiger partial charge < -0.3 is 14.6 Å². The summed E-state index contributed by atoms with van der Waals surface area (Å²) in [5.74, 6) is 1.75. The number of morpholine rings is 1.